The summed E-state index contributed by atoms with van der Waals surface area (Å²) in [6, 6.07) is 11.2. The highest BCUT2D eigenvalue weighted by atomic mass is 32.2. The van der Waals surface area contributed by atoms with Crippen molar-refractivity contribution < 1.29 is 23.4 Å². The average Bonchev–Trinajstić information content (AvgIpc) is 3.35. The van der Waals surface area contributed by atoms with Gasteiger partial charge in [-0.1, -0.05) is 30.0 Å². The van der Waals surface area contributed by atoms with Crippen LogP contribution in [0.15, 0.2) is 46.0 Å². The van der Waals surface area contributed by atoms with E-state index in [0.29, 0.717) is 28.3 Å². The number of rotatable bonds is 7. The largest absolute Gasteiger partial charge is 0.483 e. The van der Waals surface area contributed by atoms with E-state index >= 15 is 0 Å². The summed E-state index contributed by atoms with van der Waals surface area (Å²) >= 11 is 1.16. The number of nitrogens with zero attached hydrogens (tertiary/aromatic N) is 2. The molecule has 2 aromatic carbocycles. The summed E-state index contributed by atoms with van der Waals surface area (Å²) < 4.78 is 21.9. The monoisotopic (exact) mass is 413 g/mol. The van der Waals surface area contributed by atoms with E-state index in [9.17, 15) is 4.79 Å². The van der Waals surface area contributed by atoms with Crippen LogP contribution in [0.3, 0.4) is 0 Å². The van der Waals surface area contributed by atoms with Crippen LogP contribution in [0.5, 0.6) is 17.2 Å². The van der Waals surface area contributed by atoms with Crippen molar-refractivity contribution in [1.82, 2.24) is 10.2 Å². The van der Waals surface area contributed by atoms with Crippen molar-refractivity contribution in [2.75, 3.05) is 17.9 Å². The number of para-hydroxylation sites is 1. The Kier molecular flexibility index (Phi) is 5.57. The quantitative estimate of drug-likeness (QED) is 0.586. The predicted octanol–water partition coefficient (Wildman–Crippen LogP) is 3.72. The second kappa shape index (κ2) is 8.44. The van der Waals surface area contributed by atoms with Gasteiger partial charge in [-0.2, -0.15) is 0 Å². The third kappa shape index (κ3) is 4.62. The topological polar surface area (TPSA) is 95.7 Å². The van der Waals surface area contributed by atoms with Crippen LogP contribution in [0.25, 0.3) is 0 Å². The smallest absolute Gasteiger partial charge is 0.277 e. The van der Waals surface area contributed by atoms with Crippen molar-refractivity contribution in [3.8, 4) is 17.2 Å². The maximum absolute atomic E-state index is 12.2. The van der Waals surface area contributed by atoms with Gasteiger partial charge >= 0.3 is 0 Å². The standard InChI is InChI=1S/C20H19N3O5S/c1-12-4-3-5-13(2)19(12)25-9-18-22-23-20(28-18)29-10-17(24)21-14-6-7-15-16(8-14)27-11-26-15/h3-8H,9-11H2,1-2H3,(H,21,24). The fourth-order valence-electron chi connectivity index (χ4n) is 2.81. The molecule has 1 aliphatic rings. The van der Waals surface area contributed by atoms with Gasteiger partial charge in [-0.25, -0.2) is 0 Å². The van der Waals surface area contributed by atoms with E-state index < -0.39 is 0 Å². The number of carbonyl (C=O) groups excluding carboxylic acids is 1. The lowest BCUT2D eigenvalue weighted by atomic mass is 10.1. The molecule has 3 aromatic rings. The van der Waals surface area contributed by atoms with Crippen molar-refractivity contribution >= 4 is 23.4 Å². The Morgan fingerprint density at radius 3 is 2.76 bits per heavy atom. The van der Waals surface area contributed by atoms with E-state index in [4.69, 9.17) is 18.6 Å². The Morgan fingerprint density at radius 1 is 1.14 bits per heavy atom. The Balaban J connectivity index is 1.27. The summed E-state index contributed by atoms with van der Waals surface area (Å²) in [7, 11) is 0. The number of benzene rings is 2. The van der Waals surface area contributed by atoms with Crippen molar-refractivity contribution in [2.45, 2.75) is 25.7 Å². The van der Waals surface area contributed by atoms with E-state index in [1.165, 1.54) is 0 Å². The van der Waals surface area contributed by atoms with E-state index in [1.54, 1.807) is 18.2 Å². The van der Waals surface area contributed by atoms with E-state index in [1.807, 2.05) is 32.0 Å². The Bertz CT molecular complexity index is 1020. The molecule has 0 saturated carbocycles. The number of ether oxygens (including phenoxy) is 3. The van der Waals surface area contributed by atoms with Crippen LogP contribution in [-0.2, 0) is 11.4 Å². The van der Waals surface area contributed by atoms with E-state index in [2.05, 4.69) is 15.5 Å². The van der Waals surface area contributed by atoms with Crippen molar-refractivity contribution in [3.05, 3.63) is 53.4 Å². The molecule has 1 amide bonds. The molecule has 0 atom stereocenters. The number of hydrogen-bond acceptors (Lipinski definition) is 8. The second-order valence-electron chi connectivity index (χ2n) is 6.38. The molecule has 1 aliphatic heterocycles. The zero-order valence-corrected chi connectivity index (χ0v) is 16.7. The maximum Gasteiger partial charge on any atom is 0.277 e. The minimum atomic E-state index is -0.194. The second-order valence-corrected chi connectivity index (χ2v) is 7.30. The van der Waals surface area contributed by atoms with Crippen LogP contribution >= 0.6 is 11.8 Å². The van der Waals surface area contributed by atoms with Crippen LogP contribution in [-0.4, -0.2) is 28.7 Å². The third-order valence-corrected chi connectivity index (χ3v) is 5.00. The van der Waals surface area contributed by atoms with Gasteiger partial charge in [0.1, 0.15) is 5.75 Å². The molecule has 0 unspecified atom stereocenters. The number of amides is 1. The van der Waals surface area contributed by atoms with E-state index in [-0.39, 0.29) is 25.1 Å². The lowest BCUT2D eigenvalue weighted by molar-refractivity contribution is -0.113. The summed E-state index contributed by atoms with van der Waals surface area (Å²) in [5.41, 5.74) is 2.71. The number of anilines is 1. The van der Waals surface area contributed by atoms with Gasteiger partial charge in [0.05, 0.1) is 5.75 Å². The normalized spacial score (nSPS) is 12.1. The molecule has 29 heavy (non-hydrogen) atoms. The molecule has 0 saturated heterocycles. The first-order valence-corrected chi connectivity index (χ1v) is 9.91. The number of nitrogens with one attached hydrogen (secondary N) is 1. The molecule has 4 rings (SSSR count). The molecule has 1 aromatic heterocycles. The molecule has 1 N–H and O–H groups in total. The van der Waals surface area contributed by atoms with Crippen molar-refractivity contribution in [1.29, 1.82) is 0 Å². The van der Waals surface area contributed by atoms with Crippen LogP contribution in [0.2, 0.25) is 0 Å². The molecule has 0 radical (unpaired) electrons. The van der Waals surface area contributed by atoms with Gasteiger partial charge in [0.25, 0.3) is 11.1 Å². The molecule has 2 heterocycles. The summed E-state index contributed by atoms with van der Waals surface area (Å²) in [6.07, 6.45) is 0. The van der Waals surface area contributed by atoms with Crippen LogP contribution in [0, 0.1) is 13.8 Å². The number of fused-ring (bicyclic) bond motifs is 1. The summed E-state index contributed by atoms with van der Waals surface area (Å²) in [5.74, 6) is 2.38. The zero-order chi connectivity index (χ0) is 20.2. The minimum absolute atomic E-state index is 0.133. The molecule has 150 valence electrons. The van der Waals surface area contributed by atoms with Crippen molar-refractivity contribution in [2.24, 2.45) is 0 Å². The fraction of sp³-hybridized carbons (Fsp3) is 0.250. The van der Waals surface area contributed by atoms with Gasteiger partial charge in [0.15, 0.2) is 18.1 Å². The summed E-state index contributed by atoms with van der Waals surface area (Å²) in [4.78, 5) is 12.2. The fourth-order valence-corrected chi connectivity index (χ4v) is 3.39. The Morgan fingerprint density at radius 2 is 1.93 bits per heavy atom. The molecule has 8 nitrogen and oxygen atoms in total. The molecule has 0 aliphatic carbocycles. The van der Waals surface area contributed by atoms with Gasteiger partial charge in [-0.3, -0.25) is 4.79 Å². The highest BCUT2D eigenvalue weighted by Crippen LogP contribution is 2.34. The zero-order valence-electron chi connectivity index (χ0n) is 15.9. The number of hydrogen-bond donors (Lipinski definition) is 1. The van der Waals surface area contributed by atoms with Gasteiger partial charge < -0.3 is 23.9 Å². The summed E-state index contributed by atoms with van der Waals surface area (Å²) in [5, 5.41) is 11.0. The van der Waals surface area contributed by atoms with Gasteiger partial charge in [0, 0.05) is 11.8 Å². The first-order chi connectivity index (χ1) is 14.1. The average molecular weight is 413 g/mol. The Labute approximate surface area is 171 Å². The minimum Gasteiger partial charge on any atom is -0.483 e. The lowest BCUT2D eigenvalue weighted by Crippen LogP contribution is -2.13. The van der Waals surface area contributed by atoms with Crippen LogP contribution < -0.4 is 19.5 Å². The molecular formula is C20H19N3O5S. The van der Waals surface area contributed by atoms with Crippen LogP contribution in [0.4, 0.5) is 5.69 Å². The summed E-state index contributed by atoms with van der Waals surface area (Å²) in [6.45, 7) is 4.32. The van der Waals surface area contributed by atoms with Gasteiger partial charge in [-0.15, -0.1) is 10.2 Å². The maximum atomic E-state index is 12.2. The lowest BCUT2D eigenvalue weighted by Gasteiger charge is -2.09. The van der Waals surface area contributed by atoms with Gasteiger partial charge in [0.2, 0.25) is 12.7 Å². The Hall–Kier alpha value is -3.20. The SMILES string of the molecule is Cc1cccc(C)c1OCc1nnc(SCC(=O)Nc2ccc3c(c2)OCO3)o1. The number of carbonyl (C=O) groups is 1. The van der Waals surface area contributed by atoms with Gasteiger partial charge in [-0.05, 0) is 37.1 Å². The number of aromatic nitrogens is 2. The number of aryl methyl sites for hydroxylation is 2. The first kappa shape index (κ1) is 19.1. The third-order valence-electron chi connectivity index (χ3n) is 4.18. The van der Waals surface area contributed by atoms with Crippen molar-refractivity contribution in [3.63, 3.8) is 0 Å². The highest BCUT2D eigenvalue weighted by molar-refractivity contribution is 7.99. The molecule has 0 fully saturated rings. The first-order valence-electron chi connectivity index (χ1n) is 8.92. The number of thioether (sulfide) groups is 1. The molecule has 0 bridgehead atoms. The highest BCUT2D eigenvalue weighted by Gasteiger charge is 2.15. The predicted molar refractivity (Wildman–Crippen MR) is 106 cm³/mol. The van der Waals surface area contributed by atoms with E-state index in [0.717, 1.165) is 28.6 Å². The molecule has 9 heteroatoms. The molecule has 0 spiro atoms. The molecular weight excluding hydrogens is 394 g/mol. The van der Waals surface area contributed by atoms with Crippen LogP contribution in [0.1, 0.15) is 17.0 Å².